The number of esters is 1. The van der Waals surface area contributed by atoms with Crippen LogP contribution in [0, 0.1) is 29.6 Å². The Kier molecular flexibility index (Phi) is 9.45. The van der Waals surface area contributed by atoms with Crippen molar-refractivity contribution in [1.29, 1.82) is 0 Å². The molecule has 4 nitrogen and oxygen atoms in total. The molecule has 4 bridgehead atoms. The monoisotopic (exact) mass is 416 g/mol. The van der Waals surface area contributed by atoms with Gasteiger partial charge in [0, 0.05) is 5.57 Å². The van der Waals surface area contributed by atoms with Gasteiger partial charge in [-0.2, -0.15) is 0 Å². The zero-order valence-electron chi connectivity index (χ0n) is 19.8. The second-order valence-corrected chi connectivity index (χ2v) is 9.63. The Balaban J connectivity index is 0.000000342. The highest BCUT2D eigenvalue weighted by Gasteiger charge is 2.60. The molecule has 0 unspecified atom stereocenters. The molecule has 0 aromatic rings. The predicted molar refractivity (Wildman–Crippen MR) is 122 cm³/mol. The molecule has 0 radical (unpaired) electrons. The molecule has 4 fully saturated rings. The highest BCUT2D eigenvalue weighted by Crippen LogP contribution is 2.61. The van der Waals surface area contributed by atoms with E-state index in [9.17, 15) is 14.4 Å². The van der Waals surface area contributed by atoms with Gasteiger partial charge in [-0.15, -0.1) is 0 Å². The summed E-state index contributed by atoms with van der Waals surface area (Å²) in [5.41, 5.74) is 0.951. The number of carbonyl (C=O) groups is 3. The van der Waals surface area contributed by atoms with E-state index in [-0.39, 0.29) is 23.1 Å². The van der Waals surface area contributed by atoms with Gasteiger partial charge in [-0.25, -0.2) is 4.79 Å². The van der Waals surface area contributed by atoms with Gasteiger partial charge in [-0.3, -0.25) is 9.59 Å². The molecule has 0 spiro atoms. The molecule has 4 saturated carbocycles. The van der Waals surface area contributed by atoms with Crippen molar-refractivity contribution in [3.63, 3.8) is 0 Å². The van der Waals surface area contributed by atoms with Gasteiger partial charge in [0.15, 0.2) is 11.6 Å². The minimum absolute atomic E-state index is 0.0185. The number of hydrogen-bond donors (Lipinski definition) is 0. The maximum atomic E-state index is 12.1. The number of ketones is 2. The highest BCUT2D eigenvalue weighted by atomic mass is 16.6. The second kappa shape index (κ2) is 10.9. The van der Waals surface area contributed by atoms with Crippen LogP contribution in [0.2, 0.25) is 0 Å². The first kappa shape index (κ1) is 26.1. The average molecular weight is 417 g/mol. The molecule has 0 saturated heterocycles. The first-order valence-electron chi connectivity index (χ1n) is 11.0. The molecular weight excluding hydrogens is 376 g/mol. The summed E-state index contributed by atoms with van der Waals surface area (Å²) < 4.78 is 6.10. The first-order valence-corrected chi connectivity index (χ1v) is 11.0. The number of carbonyl (C=O) groups excluding carboxylic acids is 3. The van der Waals surface area contributed by atoms with Crippen molar-refractivity contribution in [3.8, 4) is 0 Å². The smallest absolute Gasteiger partial charge is 0.333 e. The Morgan fingerprint density at radius 3 is 1.47 bits per heavy atom. The second-order valence-electron chi connectivity index (χ2n) is 9.63. The van der Waals surface area contributed by atoms with Gasteiger partial charge in [-0.05, 0) is 101 Å². The van der Waals surface area contributed by atoms with Crippen LogP contribution < -0.4 is 0 Å². The number of ether oxygens (including phenoxy) is 1. The molecule has 0 aromatic carbocycles. The van der Waals surface area contributed by atoms with E-state index in [4.69, 9.17) is 4.74 Å². The molecule has 168 valence electrons. The number of allylic oxidation sites excluding steroid dienone is 2. The lowest BCUT2D eigenvalue weighted by molar-refractivity contribution is -0.221. The van der Waals surface area contributed by atoms with Gasteiger partial charge in [0.05, 0.1) is 0 Å². The van der Waals surface area contributed by atoms with E-state index in [2.05, 4.69) is 33.6 Å². The molecule has 4 rings (SSSR count). The lowest BCUT2D eigenvalue weighted by Crippen LogP contribution is -2.62. The van der Waals surface area contributed by atoms with E-state index in [0.29, 0.717) is 28.9 Å². The third kappa shape index (κ3) is 6.26. The molecule has 0 N–H and O–H groups in total. The number of rotatable bonds is 5. The molecule has 4 aliphatic carbocycles. The molecular formula is C26H40O4. The highest BCUT2D eigenvalue weighted by molar-refractivity contribution is 5.91. The Hall–Kier alpha value is -1.97. The summed E-state index contributed by atoms with van der Waals surface area (Å²) in [5, 5.41) is 0. The van der Waals surface area contributed by atoms with Crippen LogP contribution in [0.25, 0.3) is 0 Å². The van der Waals surface area contributed by atoms with Crippen molar-refractivity contribution >= 4 is 17.5 Å². The Morgan fingerprint density at radius 1 is 0.867 bits per heavy atom. The molecule has 0 aromatic heterocycles. The van der Waals surface area contributed by atoms with E-state index >= 15 is 0 Å². The molecule has 4 heteroatoms. The molecule has 30 heavy (non-hydrogen) atoms. The predicted octanol–water partition coefficient (Wildman–Crippen LogP) is 5.87. The zero-order chi connectivity index (χ0) is 23.2. The molecule has 0 heterocycles. The average Bonchev–Trinajstić information content (AvgIpc) is 2.64. The van der Waals surface area contributed by atoms with Gasteiger partial charge in [-0.1, -0.05) is 33.6 Å². The summed E-state index contributed by atoms with van der Waals surface area (Å²) in [4.78, 5) is 31.9. The van der Waals surface area contributed by atoms with Crippen molar-refractivity contribution in [1.82, 2.24) is 0 Å². The van der Waals surface area contributed by atoms with Crippen LogP contribution in [-0.2, 0) is 19.1 Å². The van der Waals surface area contributed by atoms with Crippen molar-refractivity contribution in [3.05, 3.63) is 37.0 Å². The van der Waals surface area contributed by atoms with Crippen LogP contribution in [0.3, 0.4) is 0 Å². The Morgan fingerprint density at radius 2 is 1.23 bits per heavy atom. The van der Waals surface area contributed by atoms with Gasteiger partial charge in [0.2, 0.25) is 0 Å². The summed E-state index contributed by atoms with van der Waals surface area (Å²) in [6.07, 6.45) is 7.79. The lowest BCUT2D eigenvalue weighted by Gasteiger charge is -2.61. The van der Waals surface area contributed by atoms with E-state index < -0.39 is 0 Å². The van der Waals surface area contributed by atoms with Crippen molar-refractivity contribution < 1.29 is 19.1 Å². The third-order valence-corrected chi connectivity index (χ3v) is 6.82. The Bertz CT molecular complexity index is 658. The lowest BCUT2D eigenvalue weighted by atomic mass is 9.47. The minimum Gasteiger partial charge on any atom is -0.455 e. The SMILES string of the molecule is C=C(C)C(=O)OC1(C(C)C)C2CC3CC(C2)CC1C3.C=C(C)C(C)=O.C=CC(C)=O. The molecule has 0 atom stereocenters. The third-order valence-electron chi connectivity index (χ3n) is 6.82. The van der Waals surface area contributed by atoms with Gasteiger partial charge in [0.25, 0.3) is 0 Å². The van der Waals surface area contributed by atoms with Crippen LogP contribution in [0.5, 0.6) is 0 Å². The van der Waals surface area contributed by atoms with Crippen molar-refractivity contribution in [2.24, 2.45) is 29.6 Å². The van der Waals surface area contributed by atoms with Crippen LogP contribution >= 0.6 is 0 Å². The topological polar surface area (TPSA) is 60.4 Å². The first-order chi connectivity index (χ1) is 13.8. The minimum atomic E-state index is -0.205. The Labute approximate surface area is 182 Å². The fraction of sp³-hybridized carbons (Fsp3) is 0.654. The van der Waals surface area contributed by atoms with E-state index in [0.717, 1.165) is 11.8 Å². The summed E-state index contributed by atoms with van der Waals surface area (Å²) in [5.74, 6) is 3.29. The van der Waals surface area contributed by atoms with Gasteiger partial charge >= 0.3 is 5.97 Å². The van der Waals surface area contributed by atoms with Crippen LogP contribution in [0.1, 0.15) is 73.6 Å². The number of Topliss-reactive ketones (excluding diaryl/α,β-unsaturated/α-hetero) is 1. The van der Waals surface area contributed by atoms with Gasteiger partial charge < -0.3 is 4.74 Å². The van der Waals surface area contributed by atoms with Crippen molar-refractivity contribution in [2.75, 3.05) is 0 Å². The zero-order valence-corrected chi connectivity index (χ0v) is 19.8. The maximum absolute atomic E-state index is 12.1. The van der Waals surface area contributed by atoms with E-state index in [1.807, 2.05) is 0 Å². The maximum Gasteiger partial charge on any atom is 0.333 e. The normalized spacial score (nSPS) is 30.2. The quantitative estimate of drug-likeness (QED) is 0.415. The largest absolute Gasteiger partial charge is 0.455 e. The van der Waals surface area contributed by atoms with Crippen molar-refractivity contribution in [2.45, 2.75) is 79.2 Å². The molecule has 0 aliphatic heterocycles. The van der Waals surface area contributed by atoms with E-state index in [1.54, 1.807) is 13.8 Å². The number of hydrogen-bond acceptors (Lipinski definition) is 4. The fourth-order valence-electron chi connectivity index (χ4n) is 5.40. The summed E-state index contributed by atoms with van der Waals surface area (Å²) in [7, 11) is 0. The summed E-state index contributed by atoms with van der Waals surface area (Å²) in [6, 6.07) is 0. The van der Waals surface area contributed by atoms with E-state index in [1.165, 1.54) is 52.0 Å². The molecule has 4 aliphatic rings. The van der Waals surface area contributed by atoms with Crippen LogP contribution in [0.15, 0.2) is 37.0 Å². The molecule has 0 amide bonds. The summed E-state index contributed by atoms with van der Waals surface area (Å²) >= 11 is 0. The van der Waals surface area contributed by atoms with Crippen LogP contribution in [-0.4, -0.2) is 23.1 Å². The summed E-state index contributed by atoms with van der Waals surface area (Å²) in [6.45, 7) is 21.3. The fourth-order valence-corrected chi connectivity index (χ4v) is 5.40. The van der Waals surface area contributed by atoms with Gasteiger partial charge in [0.1, 0.15) is 5.60 Å². The standard InChI is InChI=1S/C17H26O2.C5H8O.C4H6O/c1-10(2)16(18)19-17(11(3)4)14-6-12-5-13(8-14)9-15(17)7-12;1-4(2)5(3)6;1-3-4(2)5/h11-15H,1,5-9H2,2-4H3;1H2,2-3H3;3H,1H2,2H3. The van der Waals surface area contributed by atoms with Crippen LogP contribution in [0.4, 0.5) is 0 Å².